The van der Waals surface area contributed by atoms with Crippen molar-refractivity contribution in [3.05, 3.63) is 55.0 Å². The topological polar surface area (TPSA) is 71.8 Å². The molecule has 1 aliphatic heterocycles. The van der Waals surface area contributed by atoms with E-state index in [1.165, 1.54) is 11.3 Å². The van der Waals surface area contributed by atoms with Crippen LogP contribution in [0.15, 0.2) is 55.0 Å². The van der Waals surface area contributed by atoms with Gasteiger partial charge in [-0.3, -0.25) is 14.8 Å². The standard InChI is InChI=1S/C18H19N5OS.ClH/c24-16(18(7-10-19-11-8-18)23-12-4-9-21-23)22-17-20-13-15(25-17)14-5-2-1-3-6-14;/h1-6,9,12-13,19H,7-8,10-11H2,(H,20,22,24);1H. The second kappa shape index (κ2) is 7.99. The summed E-state index contributed by atoms with van der Waals surface area (Å²) in [5.74, 6) is -0.0494. The van der Waals surface area contributed by atoms with Gasteiger partial charge in [0, 0.05) is 18.6 Å². The van der Waals surface area contributed by atoms with Gasteiger partial charge in [0.25, 0.3) is 5.91 Å². The van der Waals surface area contributed by atoms with Crippen LogP contribution in [0.2, 0.25) is 0 Å². The highest BCUT2D eigenvalue weighted by molar-refractivity contribution is 7.19. The smallest absolute Gasteiger partial charge is 0.254 e. The molecule has 0 bridgehead atoms. The molecule has 0 unspecified atom stereocenters. The van der Waals surface area contributed by atoms with Crippen LogP contribution < -0.4 is 10.6 Å². The van der Waals surface area contributed by atoms with Crippen LogP contribution in [0.4, 0.5) is 5.13 Å². The Morgan fingerprint density at radius 3 is 2.65 bits per heavy atom. The molecule has 6 nitrogen and oxygen atoms in total. The second-order valence-electron chi connectivity index (χ2n) is 6.08. The number of amides is 1. The number of halogens is 1. The zero-order chi connectivity index (χ0) is 17.1. The number of rotatable bonds is 4. The van der Waals surface area contributed by atoms with Crippen LogP contribution in [0.25, 0.3) is 10.4 Å². The summed E-state index contributed by atoms with van der Waals surface area (Å²) < 4.78 is 1.79. The minimum atomic E-state index is -0.659. The first kappa shape index (κ1) is 18.6. The highest BCUT2D eigenvalue weighted by atomic mass is 35.5. The third-order valence-corrected chi connectivity index (χ3v) is 5.54. The molecule has 3 aromatic rings. The molecule has 0 aliphatic carbocycles. The van der Waals surface area contributed by atoms with Gasteiger partial charge in [0.1, 0.15) is 5.54 Å². The Morgan fingerprint density at radius 2 is 1.96 bits per heavy atom. The van der Waals surface area contributed by atoms with Gasteiger partial charge < -0.3 is 5.32 Å². The summed E-state index contributed by atoms with van der Waals surface area (Å²) in [6, 6.07) is 11.9. The molecule has 1 fully saturated rings. The Kier molecular flexibility index (Phi) is 5.70. The van der Waals surface area contributed by atoms with Gasteiger partial charge in [0.2, 0.25) is 0 Å². The Hall–Kier alpha value is -2.22. The van der Waals surface area contributed by atoms with Gasteiger partial charge in [0.05, 0.1) is 4.88 Å². The first-order valence-corrected chi connectivity index (χ1v) is 9.13. The third-order valence-electron chi connectivity index (χ3n) is 4.58. The molecule has 0 spiro atoms. The lowest BCUT2D eigenvalue weighted by Gasteiger charge is -2.36. The molecule has 1 amide bonds. The summed E-state index contributed by atoms with van der Waals surface area (Å²) in [5, 5.41) is 11.3. The normalized spacial score (nSPS) is 15.8. The van der Waals surface area contributed by atoms with Crippen molar-refractivity contribution in [3.8, 4) is 10.4 Å². The number of hydrogen-bond donors (Lipinski definition) is 2. The van der Waals surface area contributed by atoms with Crippen molar-refractivity contribution in [2.45, 2.75) is 18.4 Å². The van der Waals surface area contributed by atoms with Crippen LogP contribution in [0.1, 0.15) is 12.8 Å². The first-order valence-electron chi connectivity index (χ1n) is 8.31. The molecule has 3 heterocycles. The Balaban J connectivity index is 0.00000196. The molecule has 4 rings (SSSR count). The lowest BCUT2D eigenvalue weighted by atomic mass is 9.87. The van der Waals surface area contributed by atoms with E-state index in [4.69, 9.17) is 0 Å². The molecule has 2 N–H and O–H groups in total. The molecule has 1 aliphatic rings. The average Bonchev–Trinajstić information content (AvgIpc) is 3.35. The van der Waals surface area contributed by atoms with Crippen LogP contribution >= 0.6 is 23.7 Å². The fraction of sp³-hybridized carbons (Fsp3) is 0.278. The van der Waals surface area contributed by atoms with Gasteiger partial charge in [-0.25, -0.2) is 4.98 Å². The summed E-state index contributed by atoms with van der Waals surface area (Å²) in [6.07, 6.45) is 6.80. The molecule has 1 aromatic carbocycles. The quantitative estimate of drug-likeness (QED) is 0.719. The number of carbonyl (C=O) groups is 1. The maximum absolute atomic E-state index is 13.1. The number of carbonyl (C=O) groups excluding carboxylic acids is 1. The molecular weight excluding hydrogens is 370 g/mol. The molecule has 1 saturated heterocycles. The third kappa shape index (κ3) is 3.51. The van der Waals surface area contributed by atoms with Crippen molar-refractivity contribution < 1.29 is 4.79 Å². The van der Waals surface area contributed by atoms with Gasteiger partial charge in [-0.2, -0.15) is 5.10 Å². The zero-order valence-corrected chi connectivity index (χ0v) is 15.7. The number of nitrogens with zero attached hydrogens (tertiary/aromatic N) is 3. The lowest BCUT2D eigenvalue weighted by Crippen LogP contribution is -2.52. The van der Waals surface area contributed by atoms with E-state index in [2.05, 4.69) is 20.7 Å². The molecular formula is C18H20ClN5OS. The van der Waals surface area contributed by atoms with E-state index in [9.17, 15) is 4.79 Å². The molecule has 26 heavy (non-hydrogen) atoms. The number of thiazole rings is 1. The fourth-order valence-electron chi connectivity index (χ4n) is 3.20. The van der Waals surface area contributed by atoms with E-state index < -0.39 is 5.54 Å². The van der Waals surface area contributed by atoms with Crippen molar-refractivity contribution in [2.75, 3.05) is 18.4 Å². The van der Waals surface area contributed by atoms with E-state index in [0.29, 0.717) is 18.0 Å². The molecule has 136 valence electrons. The maximum atomic E-state index is 13.1. The summed E-state index contributed by atoms with van der Waals surface area (Å²) in [7, 11) is 0. The first-order chi connectivity index (χ1) is 12.3. The number of nitrogens with one attached hydrogen (secondary N) is 2. The summed E-state index contributed by atoms with van der Waals surface area (Å²) in [5.41, 5.74) is 0.442. The van der Waals surface area contributed by atoms with Crippen molar-refractivity contribution in [3.63, 3.8) is 0 Å². The Morgan fingerprint density at radius 1 is 1.19 bits per heavy atom. The van der Waals surface area contributed by atoms with Crippen LogP contribution in [0.3, 0.4) is 0 Å². The van der Waals surface area contributed by atoms with Crippen molar-refractivity contribution >= 4 is 34.8 Å². The minimum absolute atomic E-state index is 0. The van der Waals surface area contributed by atoms with E-state index >= 15 is 0 Å². The Bertz CT molecular complexity index is 844. The van der Waals surface area contributed by atoms with Gasteiger partial charge in [-0.05, 0) is 37.6 Å². The molecule has 2 aromatic heterocycles. The number of aromatic nitrogens is 3. The number of benzene rings is 1. The molecule has 0 atom stereocenters. The molecule has 0 saturated carbocycles. The Labute approximate surface area is 162 Å². The lowest BCUT2D eigenvalue weighted by molar-refractivity contribution is -0.126. The monoisotopic (exact) mass is 389 g/mol. The second-order valence-corrected chi connectivity index (χ2v) is 7.11. The van der Waals surface area contributed by atoms with E-state index in [1.54, 1.807) is 17.1 Å². The van der Waals surface area contributed by atoms with Gasteiger partial charge >= 0.3 is 0 Å². The van der Waals surface area contributed by atoms with Crippen LogP contribution in [-0.4, -0.2) is 33.8 Å². The van der Waals surface area contributed by atoms with E-state index in [0.717, 1.165) is 23.5 Å². The minimum Gasteiger partial charge on any atom is -0.317 e. The number of hydrogen-bond acceptors (Lipinski definition) is 5. The highest BCUT2D eigenvalue weighted by Gasteiger charge is 2.42. The van der Waals surface area contributed by atoms with Crippen molar-refractivity contribution in [1.29, 1.82) is 0 Å². The number of piperidine rings is 1. The largest absolute Gasteiger partial charge is 0.317 e. The van der Waals surface area contributed by atoms with Crippen LogP contribution in [0.5, 0.6) is 0 Å². The van der Waals surface area contributed by atoms with Gasteiger partial charge in [-0.1, -0.05) is 41.7 Å². The van der Waals surface area contributed by atoms with E-state index in [1.807, 2.05) is 42.6 Å². The van der Waals surface area contributed by atoms with Crippen molar-refractivity contribution in [2.24, 2.45) is 0 Å². The zero-order valence-electron chi connectivity index (χ0n) is 14.1. The maximum Gasteiger partial charge on any atom is 0.254 e. The number of anilines is 1. The molecule has 8 heteroatoms. The van der Waals surface area contributed by atoms with E-state index in [-0.39, 0.29) is 18.3 Å². The SMILES string of the molecule is Cl.O=C(Nc1ncc(-c2ccccc2)s1)C1(n2cccn2)CCNCC1. The summed E-state index contributed by atoms with van der Waals surface area (Å²) in [4.78, 5) is 18.5. The highest BCUT2D eigenvalue weighted by Crippen LogP contribution is 2.32. The van der Waals surface area contributed by atoms with Crippen LogP contribution in [-0.2, 0) is 10.3 Å². The van der Waals surface area contributed by atoms with Crippen LogP contribution in [0, 0.1) is 0 Å². The predicted octanol–water partition coefficient (Wildman–Crippen LogP) is 3.15. The predicted molar refractivity (Wildman–Crippen MR) is 106 cm³/mol. The fourth-order valence-corrected chi connectivity index (χ4v) is 4.02. The van der Waals surface area contributed by atoms with Gasteiger partial charge in [0.15, 0.2) is 5.13 Å². The summed E-state index contributed by atoms with van der Waals surface area (Å²) in [6.45, 7) is 1.58. The average molecular weight is 390 g/mol. The van der Waals surface area contributed by atoms with Gasteiger partial charge in [-0.15, -0.1) is 12.4 Å². The van der Waals surface area contributed by atoms with Crippen molar-refractivity contribution in [1.82, 2.24) is 20.1 Å². The summed E-state index contributed by atoms with van der Waals surface area (Å²) >= 11 is 1.49. The molecule has 0 radical (unpaired) electrons.